The van der Waals surface area contributed by atoms with Crippen molar-refractivity contribution < 1.29 is 18.0 Å². The molecule has 23 heavy (non-hydrogen) atoms. The summed E-state index contributed by atoms with van der Waals surface area (Å²) in [7, 11) is 0. The molecule has 1 aromatic rings. The number of thioether (sulfide) groups is 1. The number of rotatable bonds is 2. The van der Waals surface area contributed by atoms with E-state index in [1.807, 2.05) is 21.6 Å². The summed E-state index contributed by atoms with van der Waals surface area (Å²) in [6.45, 7) is 2.76. The van der Waals surface area contributed by atoms with E-state index in [0.29, 0.717) is 18.9 Å². The molecule has 126 valence electrons. The zero-order valence-electron chi connectivity index (χ0n) is 12.6. The van der Waals surface area contributed by atoms with Crippen LogP contribution < -0.4 is 4.90 Å². The second-order valence-corrected chi connectivity index (χ2v) is 7.00. The Labute approximate surface area is 137 Å². The Balaban J connectivity index is 1.62. The van der Waals surface area contributed by atoms with Gasteiger partial charge in [0.2, 0.25) is 5.91 Å². The molecule has 0 unspecified atom stereocenters. The SMILES string of the molecule is O=C([C@H]1CCN(c2ccc(C(F)(F)F)cn2)C1)N1CCSCC1. The van der Waals surface area contributed by atoms with E-state index in [4.69, 9.17) is 0 Å². The second-order valence-electron chi connectivity index (χ2n) is 5.77. The molecule has 3 heterocycles. The van der Waals surface area contributed by atoms with E-state index >= 15 is 0 Å². The van der Waals surface area contributed by atoms with Gasteiger partial charge in [0.05, 0.1) is 11.5 Å². The molecule has 0 N–H and O–H groups in total. The Morgan fingerprint density at radius 2 is 1.96 bits per heavy atom. The van der Waals surface area contributed by atoms with Crippen LogP contribution >= 0.6 is 11.8 Å². The summed E-state index contributed by atoms with van der Waals surface area (Å²) in [5, 5.41) is 0. The van der Waals surface area contributed by atoms with Crippen LogP contribution in [0.2, 0.25) is 0 Å². The van der Waals surface area contributed by atoms with Gasteiger partial charge in [0.15, 0.2) is 0 Å². The van der Waals surface area contributed by atoms with E-state index in [1.165, 1.54) is 6.07 Å². The Morgan fingerprint density at radius 1 is 1.22 bits per heavy atom. The normalized spacial score (nSPS) is 22.5. The average molecular weight is 345 g/mol. The zero-order chi connectivity index (χ0) is 16.4. The lowest BCUT2D eigenvalue weighted by atomic mass is 10.1. The fourth-order valence-electron chi connectivity index (χ4n) is 2.95. The number of anilines is 1. The molecule has 0 aliphatic carbocycles. The summed E-state index contributed by atoms with van der Waals surface area (Å²) >= 11 is 1.85. The third-order valence-electron chi connectivity index (χ3n) is 4.26. The minimum atomic E-state index is -4.37. The van der Waals surface area contributed by atoms with Crippen LogP contribution in [0.4, 0.5) is 19.0 Å². The monoisotopic (exact) mass is 345 g/mol. The first-order valence-corrected chi connectivity index (χ1v) is 8.75. The molecule has 8 heteroatoms. The molecule has 0 spiro atoms. The highest BCUT2D eigenvalue weighted by atomic mass is 32.2. The summed E-state index contributed by atoms with van der Waals surface area (Å²) < 4.78 is 37.7. The Morgan fingerprint density at radius 3 is 2.57 bits per heavy atom. The minimum absolute atomic E-state index is 0.0813. The first kappa shape index (κ1) is 16.4. The van der Waals surface area contributed by atoms with Gasteiger partial charge in [-0.2, -0.15) is 24.9 Å². The smallest absolute Gasteiger partial charge is 0.356 e. The molecule has 2 aliphatic heterocycles. The Bertz CT molecular complexity index is 558. The van der Waals surface area contributed by atoms with Gasteiger partial charge in [-0.1, -0.05) is 0 Å². The fraction of sp³-hybridized carbons (Fsp3) is 0.600. The maximum atomic E-state index is 12.6. The van der Waals surface area contributed by atoms with Crippen molar-refractivity contribution in [3.63, 3.8) is 0 Å². The summed E-state index contributed by atoms with van der Waals surface area (Å²) in [5.74, 6) is 2.54. The van der Waals surface area contributed by atoms with E-state index in [2.05, 4.69) is 4.98 Å². The van der Waals surface area contributed by atoms with Gasteiger partial charge in [0.1, 0.15) is 5.82 Å². The number of halogens is 3. The maximum Gasteiger partial charge on any atom is 0.417 e. The molecule has 1 amide bonds. The van der Waals surface area contributed by atoms with Crippen LogP contribution in [0.15, 0.2) is 18.3 Å². The minimum Gasteiger partial charge on any atom is -0.356 e. The Hall–Kier alpha value is -1.44. The van der Waals surface area contributed by atoms with Crippen molar-refractivity contribution in [2.75, 3.05) is 42.6 Å². The molecule has 4 nitrogen and oxygen atoms in total. The molecule has 0 radical (unpaired) electrons. The van der Waals surface area contributed by atoms with Crippen molar-refractivity contribution in [2.24, 2.45) is 5.92 Å². The molecule has 0 aromatic carbocycles. The fourth-order valence-corrected chi connectivity index (χ4v) is 3.86. The van der Waals surface area contributed by atoms with Crippen molar-refractivity contribution in [1.29, 1.82) is 0 Å². The number of carbonyl (C=O) groups is 1. The van der Waals surface area contributed by atoms with Crippen LogP contribution in [-0.2, 0) is 11.0 Å². The van der Waals surface area contributed by atoms with E-state index in [1.54, 1.807) is 0 Å². The number of carbonyl (C=O) groups excluding carboxylic acids is 1. The lowest BCUT2D eigenvalue weighted by molar-refractivity contribution is -0.138. The largest absolute Gasteiger partial charge is 0.417 e. The van der Waals surface area contributed by atoms with Crippen molar-refractivity contribution in [2.45, 2.75) is 12.6 Å². The molecule has 0 bridgehead atoms. The van der Waals surface area contributed by atoms with E-state index in [9.17, 15) is 18.0 Å². The van der Waals surface area contributed by atoms with Crippen LogP contribution in [0.1, 0.15) is 12.0 Å². The van der Waals surface area contributed by atoms with Crippen molar-refractivity contribution in [1.82, 2.24) is 9.88 Å². The highest BCUT2D eigenvalue weighted by molar-refractivity contribution is 7.99. The van der Waals surface area contributed by atoms with Gasteiger partial charge in [-0.3, -0.25) is 4.79 Å². The summed E-state index contributed by atoms with van der Waals surface area (Å²) in [4.78, 5) is 20.2. The zero-order valence-corrected chi connectivity index (χ0v) is 13.4. The number of aromatic nitrogens is 1. The van der Waals surface area contributed by atoms with Crippen LogP contribution in [0.5, 0.6) is 0 Å². The molecule has 2 fully saturated rings. The molecular weight excluding hydrogens is 327 g/mol. The van der Waals surface area contributed by atoms with E-state index in [0.717, 1.165) is 43.3 Å². The van der Waals surface area contributed by atoms with Crippen LogP contribution in [0, 0.1) is 5.92 Å². The van der Waals surface area contributed by atoms with E-state index < -0.39 is 11.7 Å². The number of alkyl halides is 3. The van der Waals surface area contributed by atoms with Gasteiger partial charge < -0.3 is 9.80 Å². The first-order valence-electron chi connectivity index (χ1n) is 7.60. The molecule has 1 atom stereocenters. The van der Waals surface area contributed by atoms with Gasteiger partial charge in [0, 0.05) is 43.9 Å². The predicted molar refractivity (Wildman–Crippen MR) is 83.5 cm³/mol. The molecule has 1 aromatic heterocycles. The summed E-state index contributed by atoms with van der Waals surface area (Å²) in [6, 6.07) is 2.42. The number of pyridine rings is 1. The van der Waals surface area contributed by atoms with E-state index in [-0.39, 0.29) is 11.8 Å². The first-order chi connectivity index (χ1) is 10.9. The van der Waals surface area contributed by atoms with Gasteiger partial charge >= 0.3 is 6.18 Å². The highest BCUT2D eigenvalue weighted by Gasteiger charge is 2.34. The average Bonchev–Trinajstić information content (AvgIpc) is 3.04. The topological polar surface area (TPSA) is 36.4 Å². The Kier molecular flexibility index (Phi) is 4.70. The van der Waals surface area contributed by atoms with Crippen LogP contribution in [-0.4, -0.2) is 53.5 Å². The standard InChI is InChI=1S/C15H18F3N3OS/c16-15(17,18)12-1-2-13(19-9-12)21-4-3-11(10-21)14(22)20-5-7-23-8-6-20/h1-2,9,11H,3-8,10H2/t11-/m0/s1. The molecule has 0 saturated carbocycles. The highest BCUT2D eigenvalue weighted by Crippen LogP contribution is 2.30. The third-order valence-corrected chi connectivity index (χ3v) is 5.20. The molecular formula is C15H18F3N3OS. The number of amides is 1. The van der Waals surface area contributed by atoms with Gasteiger partial charge in [-0.15, -0.1) is 0 Å². The third kappa shape index (κ3) is 3.73. The van der Waals surface area contributed by atoms with Crippen molar-refractivity contribution in [3.8, 4) is 0 Å². The van der Waals surface area contributed by atoms with Crippen LogP contribution in [0.25, 0.3) is 0 Å². The summed E-state index contributed by atoms with van der Waals surface area (Å²) in [6.07, 6.45) is -2.79. The predicted octanol–water partition coefficient (Wildman–Crippen LogP) is 2.50. The van der Waals surface area contributed by atoms with Crippen molar-refractivity contribution in [3.05, 3.63) is 23.9 Å². The van der Waals surface area contributed by atoms with Gasteiger partial charge in [-0.25, -0.2) is 4.98 Å². The quantitative estimate of drug-likeness (QED) is 0.825. The number of hydrogen-bond acceptors (Lipinski definition) is 4. The molecule has 3 rings (SSSR count). The lowest BCUT2D eigenvalue weighted by Crippen LogP contribution is -2.42. The van der Waals surface area contributed by atoms with Crippen molar-refractivity contribution >= 4 is 23.5 Å². The van der Waals surface area contributed by atoms with Gasteiger partial charge in [-0.05, 0) is 18.6 Å². The molecule has 2 saturated heterocycles. The maximum absolute atomic E-state index is 12.6. The summed E-state index contributed by atoms with van der Waals surface area (Å²) in [5.41, 5.74) is -0.751. The number of hydrogen-bond donors (Lipinski definition) is 0. The lowest BCUT2D eigenvalue weighted by Gasteiger charge is -2.29. The van der Waals surface area contributed by atoms with Crippen LogP contribution in [0.3, 0.4) is 0 Å². The second kappa shape index (κ2) is 6.59. The molecule has 2 aliphatic rings. The number of nitrogens with zero attached hydrogens (tertiary/aromatic N) is 3. The van der Waals surface area contributed by atoms with Gasteiger partial charge in [0.25, 0.3) is 0 Å².